The molecule has 1 aliphatic heterocycles. The molecule has 25 heavy (non-hydrogen) atoms. The van der Waals surface area contributed by atoms with Crippen LogP contribution in [0.5, 0.6) is 0 Å². The number of aromatic amines is 1. The van der Waals surface area contributed by atoms with E-state index in [1.807, 2.05) is 18.2 Å². The predicted octanol–water partition coefficient (Wildman–Crippen LogP) is 1.55. The number of H-pyrrole nitrogens is 1. The van der Waals surface area contributed by atoms with E-state index in [-0.39, 0.29) is 17.6 Å². The first-order valence-electron chi connectivity index (χ1n) is 8.65. The summed E-state index contributed by atoms with van der Waals surface area (Å²) >= 11 is 0. The van der Waals surface area contributed by atoms with Crippen LogP contribution in [0.2, 0.25) is 0 Å². The van der Waals surface area contributed by atoms with Crippen LogP contribution in [0.4, 0.5) is 0 Å². The highest BCUT2D eigenvalue weighted by atomic mass is 16.3. The van der Waals surface area contributed by atoms with E-state index in [1.165, 1.54) is 10.1 Å². The van der Waals surface area contributed by atoms with Crippen molar-refractivity contribution in [1.29, 1.82) is 0 Å². The van der Waals surface area contributed by atoms with Crippen LogP contribution < -0.4 is 5.56 Å². The van der Waals surface area contributed by atoms with Crippen molar-refractivity contribution in [2.24, 2.45) is 0 Å². The summed E-state index contributed by atoms with van der Waals surface area (Å²) < 4.78 is 1.43. The van der Waals surface area contributed by atoms with Gasteiger partial charge in [-0.1, -0.05) is 30.3 Å². The molecule has 2 aromatic heterocycles. The largest absolute Gasteiger partial charge is 0.395 e. The van der Waals surface area contributed by atoms with Crippen LogP contribution in [0.3, 0.4) is 0 Å². The molecule has 1 saturated heterocycles. The average Bonchev–Trinajstić information content (AvgIpc) is 3.12. The van der Waals surface area contributed by atoms with Gasteiger partial charge in [0.25, 0.3) is 5.56 Å². The van der Waals surface area contributed by atoms with E-state index in [1.54, 1.807) is 18.3 Å². The van der Waals surface area contributed by atoms with E-state index < -0.39 is 0 Å². The summed E-state index contributed by atoms with van der Waals surface area (Å²) in [6, 6.07) is 13.6. The molecular weight excluding hydrogens is 316 g/mol. The lowest BCUT2D eigenvalue weighted by molar-refractivity contribution is 0.0843. The number of aliphatic hydroxyl groups is 1. The number of fused-ring (bicyclic) bond motifs is 1. The third-order valence-electron chi connectivity index (χ3n) is 5.16. The summed E-state index contributed by atoms with van der Waals surface area (Å²) in [7, 11) is 0. The molecule has 0 amide bonds. The Morgan fingerprint density at radius 1 is 1.24 bits per heavy atom. The Kier molecular flexibility index (Phi) is 4.15. The van der Waals surface area contributed by atoms with E-state index in [0.717, 1.165) is 31.6 Å². The quantitative estimate of drug-likeness (QED) is 0.757. The number of likely N-dealkylation sites (tertiary alicyclic amines) is 1. The number of rotatable bonds is 4. The minimum atomic E-state index is -0.243. The van der Waals surface area contributed by atoms with E-state index in [9.17, 15) is 9.90 Å². The van der Waals surface area contributed by atoms with Crippen LogP contribution in [0.25, 0.3) is 5.65 Å². The van der Waals surface area contributed by atoms with Crippen LogP contribution in [-0.2, 0) is 12.0 Å². The minimum Gasteiger partial charge on any atom is -0.395 e. The Hall–Kier alpha value is -2.44. The zero-order chi connectivity index (χ0) is 17.3. The fourth-order valence-electron chi connectivity index (χ4n) is 3.90. The highest BCUT2D eigenvalue weighted by Gasteiger charge is 2.36. The minimum absolute atomic E-state index is 0.0986. The number of nitrogens with zero attached hydrogens (tertiary/aromatic N) is 3. The standard InChI is InChI=1S/C19H22N4O2/c24-14-19(15-5-2-1-3-6-15)8-4-10-22(13-19)12-16-11-18(25)23-17(21-16)7-9-20-23/h1-3,5-7,9,11,20,24H,4,8,10,12-14H2. The summed E-state index contributed by atoms with van der Waals surface area (Å²) in [6.07, 6.45) is 3.69. The number of piperidine rings is 1. The Labute approximate surface area is 145 Å². The molecule has 6 nitrogen and oxygen atoms in total. The van der Waals surface area contributed by atoms with Crippen molar-refractivity contribution < 1.29 is 5.11 Å². The van der Waals surface area contributed by atoms with Crippen LogP contribution in [0.15, 0.2) is 53.5 Å². The fourth-order valence-corrected chi connectivity index (χ4v) is 3.90. The maximum atomic E-state index is 12.1. The van der Waals surface area contributed by atoms with Crippen LogP contribution in [0, 0.1) is 0 Å². The molecule has 1 aliphatic rings. The molecule has 1 fully saturated rings. The van der Waals surface area contributed by atoms with E-state index in [4.69, 9.17) is 0 Å². The number of hydrogen-bond acceptors (Lipinski definition) is 4. The Morgan fingerprint density at radius 3 is 2.88 bits per heavy atom. The summed E-state index contributed by atoms with van der Waals surface area (Å²) in [5.41, 5.74) is 2.24. The molecule has 0 spiro atoms. The maximum absolute atomic E-state index is 12.1. The van der Waals surface area contributed by atoms with Crippen molar-refractivity contribution in [3.8, 4) is 0 Å². The van der Waals surface area contributed by atoms with E-state index in [2.05, 4.69) is 27.1 Å². The van der Waals surface area contributed by atoms with E-state index >= 15 is 0 Å². The lowest BCUT2D eigenvalue weighted by Gasteiger charge is -2.42. The van der Waals surface area contributed by atoms with Gasteiger partial charge in [0.15, 0.2) is 5.65 Å². The smallest absolute Gasteiger partial charge is 0.272 e. The SMILES string of the molecule is O=c1cc(CN2CCCC(CO)(c3ccccc3)C2)nc2cc[nH]n12. The van der Waals surface area contributed by atoms with Crippen molar-refractivity contribution >= 4 is 5.65 Å². The van der Waals surface area contributed by atoms with Crippen molar-refractivity contribution in [2.45, 2.75) is 24.8 Å². The maximum Gasteiger partial charge on any atom is 0.272 e. The molecule has 130 valence electrons. The Morgan fingerprint density at radius 2 is 2.08 bits per heavy atom. The highest BCUT2D eigenvalue weighted by molar-refractivity contribution is 5.36. The summed E-state index contributed by atoms with van der Waals surface area (Å²) in [5, 5.41) is 13.0. The molecule has 0 saturated carbocycles. The molecule has 0 radical (unpaired) electrons. The molecule has 3 heterocycles. The first-order valence-corrected chi connectivity index (χ1v) is 8.65. The second-order valence-corrected chi connectivity index (χ2v) is 6.86. The zero-order valence-corrected chi connectivity index (χ0v) is 14.1. The van der Waals surface area contributed by atoms with Crippen LogP contribution >= 0.6 is 0 Å². The lowest BCUT2D eigenvalue weighted by Crippen LogP contribution is -2.48. The second kappa shape index (κ2) is 6.46. The average molecular weight is 338 g/mol. The number of aliphatic hydroxyl groups excluding tert-OH is 1. The second-order valence-electron chi connectivity index (χ2n) is 6.86. The molecule has 1 aromatic carbocycles. The van der Waals surface area contributed by atoms with Gasteiger partial charge in [0.1, 0.15) is 0 Å². The number of hydrogen-bond donors (Lipinski definition) is 2. The Balaban J connectivity index is 1.59. The first kappa shape index (κ1) is 16.1. The zero-order valence-electron chi connectivity index (χ0n) is 14.1. The predicted molar refractivity (Wildman–Crippen MR) is 95.5 cm³/mol. The topological polar surface area (TPSA) is 73.6 Å². The molecule has 4 rings (SSSR count). The lowest BCUT2D eigenvalue weighted by atomic mass is 9.74. The van der Waals surface area contributed by atoms with Gasteiger partial charge in [0.2, 0.25) is 0 Å². The molecule has 2 N–H and O–H groups in total. The third-order valence-corrected chi connectivity index (χ3v) is 5.16. The number of benzene rings is 1. The normalized spacial score (nSPS) is 21.6. The van der Waals surface area contributed by atoms with Gasteiger partial charge in [-0.3, -0.25) is 14.8 Å². The molecule has 1 atom stereocenters. The van der Waals surface area contributed by atoms with Gasteiger partial charge in [-0.05, 0) is 24.9 Å². The third kappa shape index (κ3) is 2.99. The van der Waals surface area contributed by atoms with Crippen molar-refractivity contribution in [3.63, 3.8) is 0 Å². The summed E-state index contributed by atoms with van der Waals surface area (Å²) in [6.45, 7) is 2.45. The number of aromatic nitrogens is 3. The Bertz CT molecular complexity index is 918. The summed E-state index contributed by atoms with van der Waals surface area (Å²) in [5.74, 6) is 0. The van der Waals surface area contributed by atoms with Gasteiger partial charge < -0.3 is 5.11 Å². The van der Waals surface area contributed by atoms with Crippen molar-refractivity contribution in [1.82, 2.24) is 19.5 Å². The van der Waals surface area contributed by atoms with Gasteiger partial charge in [-0.2, -0.15) is 0 Å². The molecule has 0 bridgehead atoms. The molecular formula is C19H22N4O2. The molecule has 6 heteroatoms. The van der Waals surface area contributed by atoms with Crippen molar-refractivity contribution in [2.75, 3.05) is 19.7 Å². The molecule has 0 aliphatic carbocycles. The van der Waals surface area contributed by atoms with Gasteiger partial charge in [0, 0.05) is 36.8 Å². The van der Waals surface area contributed by atoms with Gasteiger partial charge >= 0.3 is 0 Å². The van der Waals surface area contributed by atoms with E-state index in [0.29, 0.717) is 12.2 Å². The van der Waals surface area contributed by atoms with Crippen molar-refractivity contribution in [3.05, 3.63) is 70.3 Å². The van der Waals surface area contributed by atoms with Gasteiger partial charge in [-0.25, -0.2) is 9.50 Å². The fraction of sp³-hybridized carbons (Fsp3) is 0.368. The van der Waals surface area contributed by atoms with Crippen LogP contribution in [-0.4, -0.2) is 44.3 Å². The molecule has 3 aromatic rings. The number of nitrogens with one attached hydrogen (secondary N) is 1. The highest BCUT2D eigenvalue weighted by Crippen LogP contribution is 2.34. The first-order chi connectivity index (χ1) is 12.2. The summed E-state index contributed by atoms with van der Waals surface area (Å²) in [4.78, 5) is 19.0. The van der Waals surface area contributed by atoms with Gasteiger partial charge in [0.05, 0.1) is 12.3 Å². The monoisotopic (exact) mass is 338 g/mol. The van der Waals surface area contributed by atoms with Gasteiger partial charge in [-0.15, -0.1) is 0 Å². The van der Waals surface area contributed by atoms with Crippen LogP contribution in [0.1, 0.15) is 24.1 Å². The molecule has 1 unspecified atom stereocenters.